The van der Waals surface area contributed by atoms with E-state index in [1.54, 1.807) is 0 Å². The molecule has 150 valence electrons. The molecular formula is C26H30N2O. The third-order valence-electron chi connectivity index (χ3n) is 6.02. The van der Waals surface area contributed by atoms with Crippen LogP contribution in [0.1, 0.15) is 65.0 Å². The first kappa shape index (κ1) is 19.5. The number of aromatic nitrogens is 1. The number of amides is 1. The largest absolute Gasteiger partial charge is 0.349 e. The fourth-order valence-corrected chi connectivity index (χ4v) is 4.38. The molecule has 2 heterocycles. The van der Waals surface area contributed by atoms with Gasteiger partial charge >= 0.3 is 0 Å². The maximum absolute atomic E-state index is 13.6. The number of nitrogens with zero attached hydrogens (tertiary/aromatic N) is 2. The van der Waals surface area contributed by atoms with Gasteiger partial charge in [-0.25, -0.2) is 0 Å². The number of benzene rings is 2. The van der Waals surface area contributed by atoms with Gasteiger partial charge in [-0.15, -0.1) is 0 Å². The van der Waals surface area contributed by atoms with Crippen molar-refractivity contribution in [1.82, 2.24) is 9.47 Å². The van der Waals surface area contributed by atoms with Crippen LogP contribution in [-0.4, -0.2) is 21.9 Å². The summed E-state index contributed by atoms with van der Waals surface area (Å²) in [5.74, 6) is 0.120. The third kappa shape index (κ3) is 4.00. The van der Waals surface area contributed by atoms with Gasteiger partial charge in [-0.3, -0.25) is 4.79 Å². The molecule has 1 amide bonds. The third-order valence-corrected chi connectivity index (χ3v) is 6.02. The van der Waals surface area contributed by atoms with Crippen LogP contribution in [-0.2, 0) is 13.0 Å². The van der Waals surface area contributed by atoms with Crippen LogP contribution in [0.2, 0.25) is 0 Å². The summed E-state index contributed by atoms with van der Waals surface area (Å²) in [6.45, 7) is 6.05. The molecule has 3 aromatic rings. The van der Waals surface area contributed by atoms with E-state index in [0.29, 0.717) is 0 Å². The molecule has 0 aliphatic carbocycles. The molecule has 29 heavy (non-hydrogen) atoms. The summed E-state index contributed by atoms with van der Waals surface area (Å²) in [4.78, 5) is 15.7. The average Bonchev–Trinajstić information content (AvgIpc) is 3.13. The van der Waals surface area contributed by atoms with E-state index < -0.39 is 0 Å². The average molecular weight is 387 g/mol. The van der Waals surface area contributed by atoms with Crippen molar-refractivity contribution in [3.05, 3.63) is 94.8 Å². The van der Waals surface area contributed by atoms with Crippen LogP contribution in [0.5, 0.6) is 0 Å². The number of hydrogen-bond acceptors (Lipinski definition) is 1. The second-order valence-corrected chi connectivity index (χ2v) is 8.04. The minimum atomic E-state index is -0.0547. The minimum absolute atomic E-state index is 0.0547. The molecule has 0 fully saturated rings. The molecule has 1 atom stereocenters. The van der Waals surface area contributed by atoms with E-state index in [-0.39, 0.29) is 11.9 Å². The number of carbonyl (C=O) groups is 1. The normalized spacial score (nSPS) is 16.3. The summed E-state index contributed by atoms with van der Waals surface area (Å²) in [7, 11) is 0. The van der Waals surface area contributed by atoms with Gasteiger partial charge < -0.3 is 9.47 Å². The van der Waals surface area contributed by atoms with Gasteiger partial charge in [-0.2, -0.15) is 0 Å². The number of hydrogen-bond donors (Lipinski definition) is 0. The van der Waals surface area contributed by atoms with Gasteiger partial charge in [0.2, 0.25) is 0 Å². The van der Waals surface area contributed by atoms with Gasteiger partial charge in [0, 0.05) is 30.5 Å². The molecule has 1 aliphatic rings. The molecule has 2 aromatic carbocycles. The molecule has 0 bridgehead atoms. The van der Waals surface area contributed by atoms with Crippen molar-refractivity contribution in [2.45, 2.75) is 52.1 Å². The first-order chi connectivity index (χ1) is 14.2. The molecule has 0 N–H and O–H groups in total. The zero-order valence-electron chi connectivity index (χ0n) is 17.5. The van der Waals surface area contributed by atoms with Crippen LogP contribution in [0, 0.1) is 6.92 Å². The van der Waals surface area contributed by atoms with Crippen molar-refractivity contribution in [3.63, 3.8) is 0 Å². The quantitative estimate of drug-likeness (QED) is 0.546. The van der Waals surface area contributed by atoms with Gasteiger partial charge in [-0.05, 0) is 67.1 Å². The highest BCUT2D eigenvalue weighted by atomic mass is 16.2. The van der Waals surface area contributed by atoms with Crippen molar-refractivity contribution in [2.24, 2.45) is 0 Å². The highest BCUT2D eigenvalue weighted by molar-refractivity contribution is 5.94. The number of rotatable bonds is 5. The Morgan fingerprint density at radius 2 is 1.79 bits per heavy atom. The Morgan fingerprint density at radius 1 is 1.00 bits per heavy atom. The first-order valence-corrected chi connectivity index (χ1v) is 10.8. The van der Waals surface area contributed by atoms with E-state index in [1.807, 2.05) is 12.1 Å². The van der Waals surface area contributed by atoms with E-state index in [1.165, 1.54) is 35.2 Å². The zero-order valence-corrected chi connectivity index (χ0v) is 17.5. The number of unbranched alkanes of at least 4 members (excludes halogenated alkanes) is 1. The summed E-state index contributed by atoms with van der Waals surface area (Å²) in [5.41, 5.74) is 5.72. The summed E-state index contributed by atoms with van der Waals surface area (Å²) in [5, 5.41) is 0. The van der Waals surface area contributed by atoms with Gasteiger partial charge in [-0.1, -0.05) is 49.7 Å². The second-order valence-electron chi connectivity index (χ2n) is 8.04. The van der Waals surface area contributed by atoms with Crippen molar-refractivity contribution in [2.75, 3.05) is 6.54 Å². The molecule has 1 aliphatic heterocycles. The van der Waals surface area contributed by atoms with E-state index >= 15 is 0 Å². The van der Waals surface area contributed by atoms with Gasteiger partial charge in [0.1, 0.15) is 0 Å². The lowest BCUT2D eigenvalue weighted by molar-refractivity contribution is 0.0709. The van der Waals surface area contributed by atoms with Crippen molar-refractivity contribution < 1.29 is 4.79 Å². The van der Waals surface area contributed by atoms with Crippen LogP contribution in [0.4, 0.5) is 0 Å². The highest BCUT2D eigenvalue weighted by Gasteiger charge is 2.32. The molecule has 0 radical (unpaired) electrons. The van der Waals surface area contributed by atoms with Gasteiger partial charge in [0.15, 0.2) is 0 Å². The standard InChI is InChI=1S/C26H30N2O/c1-3-4-10-21-13-15-22(16-14-21)26(29)28-19-8-18-27-17-7-12-24(27)25(28)23-11-6-5-9-20(23)2/h5-7,9,11-17,25H,3-4,8,10,18-19H2,1-2H3. The Morgan fingerprint density at radius 3 is 2.55 bits per heavy atom. The topological polar surface area (TPSA) is 25.2 Å². The maximum atomic E-state index is 13.6. The second kappa shape index (κ2) is 8.69. The molecule has 3 nitrogen and oxygen atoms in total. The van der Waals surface area contributed by atoms with E-state index in [2.05, 4.69) is 78.0 Å². The lowest BCUT2D eigenvalue weighted by atomic mass is 9.96. The fraction of sp³-hybridized carbons (Fsp3) is 0.346. The molecule has 3 heteroatoms. The molecule has 0 saturated carbocycles. The predicted octanol–water partition coefficient (Wildman–Crippen LogP) is 5.77. The Balaban J connectivity index is 1.70. The predicted molar refractivity (Wildman–Crippen MR) is 118 cm³/mol. The first-order valence-electron chi connectivity index (χ1n) is 10.8. The van der Waals surface area contributed by atoms with Crippen LogP contribution in [0.3, 0.4) is 0 Å². The summed E-state index contributed by atoms with van der Waals surface area (Å²) in [6.07, 6.45) is 6.55. The number of aryl methyl sites for hydroxylation is 3. The summed E-state index contributed by atoms with van der Waals surface area (Å²) < 4.78 is 2.30. The maximum Gasteiger partial charge on any atom is 0.254 e. The summed E-state index contributed by atoms with van der Waals surface area (Å²) >= 11 is 0. The highest BCUT2D eigenvalue weighted by Crippen LogP contribution is 2.34. The zero-order chi connectivity index (χ0) is 20.2. The molecule has 0 spiro atoms. The van der Waals surface area contributed by atoms with Crippen LogP contribution in [0.15, 0.2) is 66.9 Å². The molecule has 1 unspecified atom stereocenters. The molecule has 0 saturated heterocycles. The Labute approximate surface area is 174 Å². The Bertz CT molecular complexity index is 970. The number of fused-ring (bicyclic) bond motifs is 1. The van der Waals surface area contributed by atoms with Crippen molar-refractivity contribution in [3.8, 4) is 0 Å². The summed E-state index contributed by atoms with van der Waals surface area (Å²) in [6, 6.07) is 20.9. The smallest absolute Gasteiger partial charge is 0.254 e. The number of carbonyl (C=O) groups excluding carboxylic acids is 1. The van der Waals surface area contributed by atoms with E-state index in [0.717, 1.165) is 31.5 Å². The van der Waals surface area contributed by atoms with Crippen LogP contribution in [0.25, 0.3) is 0 Å². The SMILES string of the molecule is CCCCc1ccc(C(=O)N2CCCn3cccc3C2c2ccccc2C)cc1. The van der Waals surface area contributed by atoms with Gasteiger partial charge in [0.25, 0.3) is 5.91 Å². The lowest BCUT2D eigenvalue weighted by Gasteiger charge is -2.32. The van der Waals surface area contributed by atoms with Gasteiger partial charge in [0.05, 0.1) is 6.04 Å². The monoisotopic (exact) mass is 386 g/mol. The Kier molecular flexibility index (Phi) is 5.84. The van der Waals surface area contributed by atoms with Crippen molar-refractivity contribution >= 4 is 5.91 Å². The molecule has 4 rings (SSSR count). The minimum Gasteiger partial charge on any atom is -0.349 e. The lowest BCUT2D eigenvalue weighted by Crippen LogP contribution is -2.36. The van der Waals surface area contributed by atoms with Crippen molar-refractivity contribution in [1.29, 1.82) is 0 Å². The van der Waals surface area contributed by atoms with Crippen LogP contribution < -0.4 is 0 Å². The molecule has 1 aromatic heterocycles. The van der Waals surface area contributed by atoms with E-state index in [4.69, 9.17) is 0 Å². The van der Waals surface area contributed by atoms with Crippen LogP contribution >= 0.6 is 0 Å². The fourth-order valence-electron chi connectivity index (χ4n) is 4.38. The van der Waals surface area contributed by atoms with E-state index in [9.17, 15) is 4.79 Å². The Hall–Kier alpha value is -2.81. The molecular weight excluding hydrogens is 356 g/mol.